The molecule has 0 unspecified atom stereocenters. The van der Waals surface area contributed by atoms with Crippen molar-refractivity contribution in [1.29, 1.82) is 0 Å². The molecular weight excluding hydrogens is 452 g/mol. The quantitative estimate of drug-likeness (QED) is 0.391. The Morgan fingerprint density at radius 1 is 0.972 bits per heavy atom. The van der Waals surface area contributed by atoms with Gasteiger partial charge in [-0.2, -0.15) is 0 Å². The number of anilines is 3. The number of phenols is 1. The van der Waals surface area contributed by atoms with Crippen molar-refractivity contribution in [2.45, 2.75) is 20.3 Å². The van der Waals surface area contributed by atoms with Gasteiger partial charge in [0.05, 0.1) is 17.9 Å². The van der Waals surface area contributed by atoms with Crippen LogP contribution < -0.4 is 14.5 Å². The zero-order chi connectivity index (χ0) is 25.2. The van der Waals surface area contributed by atoms with Crippen molar-refractivity contribution in [3.63, 3.8) is 0 Å². The summed E-state index contributed by atoms with van der Waals surface area (Å²) in [5, 5.41) is 9.52. The largest absolute Gasteiger partial charge is 0.508 e. The van der Waals surface area contributed by atoms with Crippen molar-refractivity contribution in [1.82, 2.24) is 9.97 Å². The van der Waals surface area contributed by atoms with Crippen LogP contribution in [0.15, 0.2) is 73.1 Å². The topological polar surface area (TPSA) is 78.8 Å². The molecule has 0 saturated heterocycles. The van der Waals surface area contributed by atoms with Crippen LogP contribution in [0.4, 0.5) is 17.3 Å². The molecule has 1 N–H and O–H groups in total. The molecule has 2 aromatic heterocycles. The lowest BCUT2D eigenvalue weighted by atomic mass is 10.0. The maximum absolute atomic E-state index is 13.3. The molecule has 3 heterocycles. The van der Waals surface area contributed by atoms with Crippen LogP contribution in [0.3, 0.4) is 0 Å². The minimum Gasteiger partial charge on any atom is -0.508 e. The number of carbonyl (C=O) groups excluding carboxylic acids is 1. The Balaban J connectivity index is 1.32. The smallest absolute Gasteiger partial charge is 0.261 e. The number of ether oxygens (including phenoxy) is 1. The first-order valence-electron chi connectivity index (χ1n) is 12.0. The lowest BCUT2D eigenvalue weighted by Gasteiger charge is -2.22. The summed E-state index contributed by atoms with van der Waals surface area (Å²) < 4.78 is 6.08. The van der Waals surface area contributed by atoms with Crippen LogP contribution in [0.5, 0.6) is 11.5 Å². The summed E-state index contributed by atoms with van der Waals surface area (Å²) in [7, 11) is 1.77. The second-order valence-corrected chi connectivity index (χ2v) is 8.79. The van der Waals surface area contributed by atoms with Gasteiger partial charge in [0.15, 0.2) is 5.82 Å². The Morgan fingerprint density at radius 3 is 2.50 bits per heavy atom. The summed E-state index contributed by atoms with van der Waals surface area (Å²) in [5.41, 5.74) is 5.38. The molecule has 0 bridgehead atoms. The molecule has 0 fully saturated rings. The summed E-state index contributed by atoms with van der Waals surface area (Å²) >= 11 is 0. The molecule has 0 atom stereocenters. The molecule has 36 heavy (non-hydrogen) atoms. The second kappa shape index (κ2) is 9.70. The van der Waals surface area contributed by atoms with E-state index in [1.807, 2.05) is 67.4 Å². The molecule has 7 heteroatoms. The number of nitrogens with zero attached hydrogens (tertiary/aromatic N) is 4. The number of aromatic hydroxyl groups is 1. The van der Waals surface area contributed by atoms with E-state index in [-0.39, 0.29) is 11.7 Å². The lowest BCUT2D eigenvalue weighted by Crippen LogP contribution is -2.25. The van der Waals surface area contributed by atoms with Gasteiger partial charge in [0.25, 0.3) is 5.91 Å². The van der Waals surface area contributed by atoms with E-state index in [2.05, 4.69) is 16.0 Å². The highest BCUT2D eigenvalue weighted by Crippen LogP contribution is 2.37. The molecule has 182 valence electrons. The summed E-state index contributed by atoms with van der Waals surface area (Å²) in [6, 6.07) is 18.9. The number of aromatic nitrogens is 2. The Kier molecular flexibility index (Phi) is 6.29. The first kappa shape index (κ1) is 23.4. The van der Waals surface area contributed by atoms with Gasteiger partial charge in [-0.05, 0) is 78.6 Å². The third kappa shape index (κ3) is 4.35. The van der Waals surface area contributed by atoms with E-state index in [4.69, 9.17) is 4.74 Å². The van der Waals surface area contributed by atoms with E-state index in [9.17, 15) is 9.90 Å². The number of benzene rings is 2. The number of fused-ring (bicyclic) bond motifs is 2. The van der Waals surface area contributed by atoms with Gasteiger partial charge < -0.3 is 19.6 Å². The number of phenolic OH excluding ortho intramolecular Hbond substituents is 1. The first-order chi connectivity index (χ1) is 17.5. The van der Waals surface area contributed by atoms with Gasteiger partial charge >= 0.3 is 0 Å². The highest BCUT2D eigenvalue weighted by molar-refractivity contribution is 6.12. The molecular formula is C29H28N4O3. The van der Waals surface area contributed by atoms with Crippen molar-refractivity contribution >= 4 is 23.2 Å². The molecule has 7 nitrogen and oxygen atoms in total. The SMILES string of the molecule is CCN1c2ncc(CCOc3ccc(-c4ccc(O)cc4)cc3C)cc2C(=O)N(C)c2cccnc21. The molecule has 0 radical (unpaired) electrons. The number of rotatable bonds is 6. The fourth-order valence-electron chi connectivity index (χ4n) is 4.48. The van der Waals surface area contributed by atoms with Gasteiger partial charge in [-0.3, -0.25) is 4.79 Å². The van der Waals surface area contributed by atoms with Crippen molar-refractivity contribution in [3.05, 3.63) is 89.7 Å². The van der Waals surface area contributed by atoms with Crippen LogP contribution >= 0.6 is 0 Å². The molecule has 0 saturated carbocycles. The average molecular weight is 481 g/mol. The van der Waals surface area contributed by atoms with E-state index < -0.39 is 0 Å². The number of hydrogen-bond acceptors (Lipinski definition) is 6. The fraction of sp³-hybridized carbons (Fsp3) is 0.207. The van der Waals surface area contributed by atoms with Crippen LogP contribution in [0, 0.1) is 6.92 Å². The van der Waals surface area contributed by atoms with Gasteiger partial charge in [-0.25, -0.2) is 9.97 Å². The summed E-state index contributed by atoms with van der Waals surface area (Å²) in [5.74, 6) is 2.31. The number of hydrogen-bond donors (Lipinski definition) is 1. The minimum absolute atomic E-state index is 0.105. The number of aryl methyl sites for hydroxylation is 1. The van der Waals surface area contributed by atoms with Crippen molar-refractivity contribution in [2.75, 3.05) is 30.0 Å². The van der Waals surface area contributed by atoms with Crippen molar-refractivity contribution in [3.8, 4) is 22.6 Å². The zero-order valence-electron chi connectivity index (χ0n) is 20.6. The summed E-state index contributed by atoms with van der Waals surface area (Å²) in [6.07, 6.45) is 4.16. The van der Waals surface area contributed by atoms with Crippen molar-refractivity contribution in [2.24, 2.45) is 0 Å². The van der Waals surface area contributed by atoms with E-state index in [1.54, 1.807) is 30.3 Å². The minimum atomic E-state index is -0.105. The highest BCUT2D eigenvalue weighted by Gasteiger charge is 2.30. The van der Waals surface area contributed by atoms with Gasteiger partial charge in [0.1, 0.15) is 17.3 Å². The average Bonchev–Trinajstić information content (AvgIpc) is 2.98. The van der Waals surface area contributed by atoms with E-state index in [1.165, 1.54) is 0 Å². The maximum Gasteiger partial charge on any atom is 0.261 e. The van der Waals surface area contributed by atoms with E-state index >= 15 is 0 Å². The summed E-state index contributed by atoms with van der Waals surface area (Å²) in [4.78, 5) is 26.1. The number of carbonyl (C=O) groups is 1. The normalized spacial score (nSPS) is 12.7. The van der Waals surface area contributed by atoms with Crippen LogP contribution in [0.1, 0.15) is 28.4 Å². The monoisotopic (exact) mass is 480 g/mol. The first-order valence-corrected chi connectivity index (χ1v) is 12.0. The Labute approximate surface area is 210 Å². The Morgan fingerprint density at radius 2 is 1.75 bits per heavy atom. The molecule has 0 spiro atoms. The molecule has 0 aliphatic carbocycles. The molecule has 5 rings (SSSR count). The molecule has 2 aromatic carbocycles. The highest BCUT2D eigenvalue weighted by atomic mass is 16.5. The molecule has 1 aliphatic rings. The lowest BCUT2D eigenvalue weighted by molar-refractivity contribution is 0.0994. The third-order valence-electron chi connectivity index (χ3n) is 6.44. The van der Waals surface area contributed by atoms with E-state index in [0.29, 0.717) is 31.0 Å². The predicted octanol–water partition coefficient (Wildman–Crippen LogP) is 5.53. The maximum atomic E-state index is 13.3. The van der Waals surface area contributed by atoms with Crippen molar-refractivity contribution < 1.29 is 14.6 Å². The number of pyridine rings is 2. The van der Waals surface area contributed by atoms with Crippen LogP contribution in [0.2, 0.25) is 0 Å². The second-order valence-electron chi connectivity index (χ2n) is 8.79. The standard InChI is InChI=1S/C29H28N4O3/c1-4-33-27-24(29(35)32(3)25-6-5-14-30-28(25)33)17-20(18-31-27)13-15-36-26-12-9-22(16-19(26)2)21-7-10-23(34)11-8-21/h5-12,14,16-18,34H,4,13,15H2,1-3H3. The van der Waals surface area contributed by atoms with Gasteiger partial charge in [0.2, 0.25) is 0 Å². The van der Waals surface area contributed by atoms with Gasteiger partial charge in [-0.1, -0.05) is 18.2 Å². The Hall–Kier alpha value is -4.39. The van der Waals surface area contributed by atoms with Gasteiger partial charge in [-0.15, -0.1) is 0 Å². The predicted molar refractivity (Wildman–Crippen MR) is 141 cm³/mol. The van der Waals surface area contributed by atoms with Crippen LogP contribution in [-0.2, 0) is 6.42 Å². The zero-order valence-corrected chi connectivity index (χ0v) is 20.6. The van der Waals surface area contributed by atoms with Crippen LogP contribution in [0.25, 0.3) is 11.1 Å². The third-order valence-corrected chi connectivity index (χ3v) is 6.44. The van der Waals surface area contributed by atoms with E-state index in [0.717, 1.165) is 39.5 Å². The molecule has 1 aliphatic heterocycles. The Bertz CT molecular complexity index is 1420. The summed E-state index contributed by atoms with van der Waals surface area (Å²) in [6.45, 7) is 5.15. The molecule has 1 amide bonds. The van der Waals surface area contributed by atoms with Gasteiger partial charge in [0, 0.05) is 32.4 Å². The fourth-order valence-corrected chi connectivity index (χ4v) is 4.48. The number of amides is 1. The molecule has 4 aromatic rings. The van der Waals surface area contributed by atoms with Crippen LogP contribution in [-0.4, -0.2) is 41.2 Å².